The van der Waals surface area contributed by atoms with Crippen LogP contribution in [0.5, 0.6) is 5.75 Å². The molecule has 2 heterocycles. The number of halogens is 1. The van der Waals surface area contributed by atoms with Crippen LogP contribution in [0, 0.1) is 5.92 Å². The topological polar surface area (TPSA) is 88.2 Å². The maximum absolute atomic E-state index is 13.0. The second-order valence-corrected chi connectivity index (χ2v) is 9.91. The first-order chi connectivity index (χ1) is 14.4. The lowest BCUT2D eigenvalue weighted by Gasteiger charge is -2.31. The molecular formula is C20H30ClN3O5S. The van der Waals surface area contributed by atoms with Crippen LogP contribution < -0.4 is 10.1 Å². The van der Waals surface area contributed by atoms with E-state index in [0.29, 0.717) is 37.5 Å². The highest BCUT2D eigenvalue weighted by Crippen LogP contribution is 2.31. The van der Waals surface area contributed by atoms with E-state index in [1.54, 1.807) is 12.1 Å². The molecule has 3 rings (SSSR count). The highest BCUT2D eigenvalue weighted by atomic mass is 35.5. The summed E-state index contributed by atoms with van der Waals surface area (Å²) in [5.74, 6) is 0.106. The van der Waals surface area contributed by atoms with Crippen molar-refractivity contribution in [2.24, 2.45) is 5.92 Å². The number of rotatable bonds is 8. The molecule has 0 unspecified atom stereocenters. The number of benzene rings is 1. The second kappa shape index (κ2) is 10.8. The van der Waals surface area contributed by atoms with E-state index in [1.807, 2.05) is 0 Å². The summed E-state index contributed by atoms with van der Waals surface area (Å²) in [5, 5.41) is 3.33. The van der Waals surface area contributed by atoms with Crippen molar-refractivity contribution >= 4 is 27.5 Å². The molecule has 1 aromatic carbocycles. The number of carbonyl (C=O) groups is 1. The molecule has 1 N–H and O–H groups in total. The van der Waals surface area contributed by atoms with Crippen LogP contribution in [0.25, 0.3) is 0 Å². The van der Waals surface area contributed by atoms with Crippen molar-refractivity contribution < 1.29 is 22.7 Å². The molecule has 2 fully saturated rings. The fourth-order valence-electron chi connectivity index (χ4n) is 3.83. The summed E-state index contributed by atoms with van der Waals surface area (Å²) in [6, 6.07) is 4.55. The molecule has 0 spiro atoms. The summed E-state index contributed by atoms with van der Waals surface area (Å²) >= 11 is 5.99. The number of hydrogen-bond donors (Lipinski definition) is 1. The molecule has 168 valence electrons. The van der Waals surface area contributed by atoms with Gasteiger partial charge < -0.3 is 14.8 Å². The van der Waals surface area contributed by atoms with Crippen molar-refractivity contribution in [3.05, 3.63) is 23.2 Å². The van der Waals surface area contributed by atoms with E-state index >= 15 is 0 Å². The third-order valence-corrected chi connectivity index (χ3v) is 7.78. The quantitative estimate of drug-likeness (QED) is 0.594. The molecular weight excluding hydrogens is 430 g/mol. The summed E-state index contributed by atoms with van der Waals surface area (Å²) in [6.45, 7) is 5.60. The Hall–Kier alpha value is -1.39. The summed E-state index contributed by atoms with van der Waals surface area (Å²) in [4.78, 5) is 14.9. The van der Waals surface area contributed by atoms with Gasteiger partial charge in [0.05, 0.1) is 20.3 Å². The van der Waals surface area contributed by atoms with Crippen LogP contribution in [-0.2, 0) is 19.6 Å². The Kier molecular flexibility index (Phi) is 8.35. The van der Waals surface area contributed by atoms with Gasteiger partial charge in [-0.3, -0.25) is 9.69 Å². The summed E-state index contributed by atoms with van der Waals surface area (Å²) < 4.78 is 38.0. The van der Waals surface area contributed by atoms with E-state index < -0.39 is 10.0 Å². The normalized spacial score (nSPS) is 19.5. The Bertz CT molecular complexity index is 822. The Morgan fingerprint density at radius 1 is 1.23 bits per heavy atom. The molecule has 30 heavy (non-hydrogen) atoms. The maximum Gasteiger partial charge on any atom is 0.246 e. The van der Waals surface area contributed by atoms with E-state index in [4.69, 9.17) is 21.1 Å². The van der Waals surface area contributed by atoms with Crippen molar-refractivity contribution in [1.29, 1.82) is 0 Å². The number of piperidine rings is 1. The highest BCUT2D eigenvalue weighted by Gasteiger charge is 2.33. The average molecular weight is 460 g/mol. The van der Waals surface area contributed by atoms with E-state index in [-0.39, 0.29) is 22.5 Å². The van der Waals surface area contributed by atoms with Gasteiger partial charge in [0.1, 0.15) is 10.6 Å². The van der Waals surface area contributed by atoms with E-state index in [0.717, 1.165) is 39.3 Å². The zero-order valence-electron chi connectivity index (χ0n) is 17.3. The SMILES string of the molecule is COc1ccc(Cl)cc1S(=O)(=O)N1CCC(C(=O)NCCCN2CCOCC2)CC1. The van der Waals surface area contributed by atoms with Gasteiger partial charge in [0.2, 0.25) is 15.9 Å². The summed E-state index contributed by atoms with van der Waals surface area (Å²) in [5.41, 5.74) is 0. The molecule has 2 aliphatic rings. The minimum absolute atomic E-state index is 0.00867. The summed E-state index contributed by atoms with van der Waals surface area (Å²) in [6.07, 6.45) is 1.89. The number of methoxy groups -OCH3 is 1. The van der Waals surface area contributed by atoms with Gasteiger partial charge in [-0.15, -0.1) is 0 Å². The van der Waals surface area contributed by atoms with Crippen LogP contribution in [0.4, 0.5) is 0 Å². The number of sulfonamides is 1. The highest BCUT2D eigenvalue weighted by molar-refractivity contribution is 7.89. The fourth-order valence-corrected chi connectivity index (χ4v) is 5.72. The van der Waals surface area contributed by atoms with Gasteiger partial charge >= 0.3 is 0 Å². The Morgan fingerprint density at radius 3 is 2.60 bits per heavy atom. The lowest BCUT2D eigenvalue weighted by atomic mass is 9.97. The Labute approximate surface area is 183 Å². The lowest BCUT2D eigenvalue weighted by molar-refractivity contribution is -0.126. The first-order valence-corrected chi connectivity index (χ1v) is 12.1. The van der Waals surface area contributed by atoms with Gasteiger partial charge in [0.25, 0.3) is 0 Å². The molecule has 0 bridgehead atoms. The predicted octanol–water partition coefficient (Wildman–Crippen LogP) is 1.59. The van der Waals surface area contributed by atoms with Gasteiger partial charge in [0, 0.05) is 43.7 Å². The molecule has 1 amide bonds. The first-order valence-electron chi connectivity index (χ1n) is 10.3. The zero-order chi connectivity index (χ0) is 21.6. The van der Waals surface area contributed by atoms with Gasteiger partial charge in [-0.1, -0.05) is 11.6 Å². The van der Waals surface area contributed by atoms with Crippen molar-refractivity contribution in [3.8, 4) is 5.75 Å². The van der Waals surface area contributed by atoms with Crippen LogP contribution in [0.2, 0.25) is 5.02 Å². The number of carbonyl (C=O) groups excluding carboxylic acids is 1. The molecule has 2 saturated heterocycles. The second-order valence-electron chi connectivity index (χ2n) is 7.57. The minimum atomic E-state index is -3.73. The average Bonchev–Trinajstić information content (AvgIpc) is 2.77. The van der Waals surface area contributed by atoms with Crippen molar-refractivity contribution in [2.45, 2.75) is 24.2 Å². The third-order valence-electron chi connectivity index (χ3n) is 5.62. The van der Waals surface area contributed by atoms with Gasteiger partial charge in [-0.05, 0) is 44.0 Å². The van der Waals surface area contributed by atoms with Gasteiger partial charge in [-0.2, -0.15) is 4.31 Å². The third kappa shape index (κ3) is 5.85. The van der Waals surface area contributed by atoms with Crippen molar-refractivity contribution in [1.82, 2.24) is 14.5 Å². The molecule has 0 radical (unpaired) electrons. The molecule has 0 aliphatic carbocycles. The number of nitrogens with zero attached hydrogens (tertiary/aromatic N) is 2. The molecule has 10 heteroatoms. The Balaban J connectivity index is 1.47. The predicted molar refractivity (Wildman–Crippen MR) is 114 cm³/mol. The van der Waals surface area contributed by atoms with E-state index in [1.165, 1.54) is 17.5 Å². The fraction of sp³-hybridized carbons (Fsp3) is 0.650. The molecule has 8 nitrogen and oxygen atoms in total. The van der Waals surface area contributed by atoms with Crippen molar-refractivity contribution in [2.75, 3.05) is 59.6 Å². The number of amides is 1. The molecule has 0 saturated carbocycles. The van der Waals surface area contributed by atoms with E-state index in [2.05, 4.69) is 10.2 Å². The number of ether oxygens (including phenoxy) is 2. The smallest absolute Gasteiger partial charge is 0.246 e. The minimum Gasteiger partial charge on any atom is -0.495 e. The standard InChI is InChI=1S/C20H30ClN3O5S/c1-28-18-4-3-17(21)15-19(18)30(26,27)24-9-5-16(6-10-24)20(25)22-7-2-8-23-11-13-29-14-12-23/h3-4,15-16H,2,5-14H2,1H3,(H,22,25). The van der Waals surface area contributed by atoms with Crippen LogP contribution in [-0.4, -0.2) is 83.1 Å². The van der Waals surface area contributed by atoms with E-state index in [9.17, 15) is 13.2 Å². The number of nitrogens with one attached hydrogen (secondary N) is 1. The van der Waals surface area contributed by atoms with Crippen LogP contribution in [0.15, 0.2) is 23.1 Å². The largest absolute Gasteiger partial charge is 0.495 e. The van der Waals surface area contributed by atoms with Crippen LogP contribution >= 0.6 is 11.6 Å². The van der Waals surface area contributed by atoms with Gasteiger partial charge in [0.15, 0.2) is 0 Å². The Morgan fingerprint density at radius 2 is 1.93 bits per heavy atom. The maximum atomic E-state index is 13.0. The zero-order valence-corrected chi connectivity index (χ0v) is 18.9. The molecule has 0 aromatic heterocycles. The van der Waals surface area contributed by atoms with Crippen LogP contribution in [0.1, 0.15) is 19.3 Å². The molecule has 2 aliphatic heterocycles. The number of morpholine rings is 1. The first kappa shape index (κ1) is 23.3. The number of hydrogen-bond acceptors (Lipinski definition) is 6. The van der Waals surface area contributed by atoms with Crippen molar-refractivity contribution in [3.63, 3.8) is 0 Å². The molecule has 0 atom stereocenters. The van der Waals surface area contributed by atoms with Crippen LogP contribution in [0.3, 0.4) is 0 Å². The monoisotopic (exact) mass is 459 g/mol. The molecule has 1 aromatic rings. The van der Waals surface area contributed by atoms with Gasteiger partial charge in [-0.25, -0.2) is 8.42 Å². The summed E-state index contributed by atoms with van der Waals surface area (Å²) in [7, 11) is -2.30. The lowest BCUT2D eigenvalue weighted by Crippen LogP contribution is -2.43.